The van der Waals surface area contributed by atoms with Gasteiger partial charge in [-0.2, -0.15) is 0 Å². The molecule has 21 nitrogen and oxygen atoms in total. The van der Waals surface area contributed by atoms with Crippen LogP contribution in [0.2, 0.25) is 0 Å². The quantitative estimate of drug-likeness (QED) is 0.0178. The number of nitrogens with two attached hydrogens (primary N) is 1. The van der Waals surface area contributed by atoms with Crippen LogP contribution in [-0.2, 0) is 78.5 Å². The van der Waals surface area contributed by atoms with Crippen LogP contribution in [0, 0.1) is 0 Å². The highest BCUT2D eigenvalue weighted by Crippen LogP contribution is 2.44. The number of aromatic nitrogens is 1. The number of rotatable bonds is 29. The molecule has 4 heterocycles. The van der Waals surface area contributed by atoms with Crippen LogP contribution in [0.25, 0.3) is 22.0 Å². The van der Waals surface area contributed by atoms with E-state index in [1.165, 1.54) is 0 Å². The van der Waals surface area contributed by atoms with Crippen LogP contribution < -0.4 is 46.8 Å². The molecule has 6 aromatic carbocycles. The number of amides is 3. The molecule has 3 aliphatic rings. The number of fused-ring (bicyclic) bond motifs is 6. The fourth-order valence-electron chi connectivity index (χ4n) is 11.2. The minimum absolute atomic E-state index is 0.0557. The van der Waals surface area contributed by atoms with E-state index in [0.29, 0.717) is 80.7 Å². The third-order valence-electron chi connectivity index (χ3n) is 15.6. The number of carbonyl (C=O) groups is 5. The molecule has 0 unspecified atom stereocenters. The first kappa shape index (κ1) is 61.0. The van der Waals surface area contributed by atoms with Crippen LogP contribution in [0.1, 0.15) is 71.6 Å². The topological polar surface area (TPSA) is 265 Å². The molecule has 0 saturated heterocycles. The molecule has 2 atom stereocenters. The molecule has 0 aliphatic carbocycles. The molecule has 87 heavy (non-hydrogen) atoms. The van der Waals surface area contributed by atoms with Gasteiger partial charge in [-0.05, 0) is 125 Å². The van der Waals surface area contributed by atoms with Gasteiger partial charge in [0.1, 0.15) is 38.2 Å². The van der Waals surface area contributed by atoms with E-state index in [0.717, 1.165) is 44.3 Å². The predicted octanol–water partition coefficient (Wildman–Crippen LogP) is 7.08. The second kappa shape index (κ2) is 28.4. The second-order valence-corrected chi connectivity index (χ2v) is 21.1. The molecule has 0 bridgehead atoms. The molecule has 454 valence electrons. The third-order valence-corrected chi connectivity index (χ3v) is 15.6. The Kier molecular flexibility index (Phi) is 19.9. The first-order valence-corrected chi connectivity index (χ1v) is 29.0. The Hall–Kier alpha value is -9.12. The van der Waals surface area contributed by atoms with Gasteiger partial charge in [-0.15, -0.1) is 0 Å². The average Bonchev–Trinajstić information content (AvgIpc) is 1.77. The van der Waals surface area contributed by atoms with Crippen molar-refractivity contribution in [3.8, 4) is 28.5 Å². The maximum atomic E-state index is 14.2. The van der Waals surface area contributed by atoms with E-state index >= 15 is 0 Å². The van der Waals surface area contributed by atoms with Gasteiger partial charge >= 0.3 is 12.1 Å². The van der Waals surface area contributed by atoms with Crippen molar-refractivity contribution in [3.63, 3.8) is 0 Å². The molecule has 0 spiro atoms. The SMILES string of the molecule is CC[C@@]1(OC(=O)OCc2ccc(NC(=O)[C@H](CCCCNC(c3ccccc3)(c3ccccc3)c3ccc(OC)cc3)NC(=O)COCC(=O)NCCOCCOCCN)cc2)C(=O)OCc2c1cc1n(c2=O)Cc2cc3cc4c(cc3cc2-1)OCO4. The van der Waals surface area contributed by atoms with Crippen molar-refractivity contribution in [2.75, 3.05) is 78.5 Å². The number of cyclic esters (lactones) is 1. The molecule has 0 fully saturated rings. The number of benzene rings is 6. The molecule has 7 aromatic rings. The smallest absolute Gasteiger partial charge is 0.497 e. The van der Waals surface area contributed by atoms with Crippen LogP contribution in [0.4, 0.5) is 10.5 Å². The number of hydrogen-bond acceptors (Lipinski definition) is 17. The van der Waals surface area contributed by atoms with Gasteiger partial charge in [0.15, 0.2) is 11.5 Å². The van der Waals surface area contributed by atoms with E-state index in [-0.39, 0.29) is 62.7 Å². The summed E-state index contributed by atoms with van der Waals surface area (Å²) < 4.78 is 51.5. The summed E-state index contributed by atoms with van der Waals surface area (Å²) in [5.74, 6) is -0.405. The normalized spacial score (nSPS) is 14.9. The van der Waals surface area contributed by atoms with Crippen molar-refractivity contribution in [2.45, 2.75) is 69.5 Å². The summed E-state index contributed by atoms with van der Waals surface area (Å²) in [5.41, 5.74) is 8.92. The fourth-order valence-corrected chi connectivity index (χ4v) is 11.2. The summed E-state index contributed by atoms with van der Waals surface area (Å²) >= 11 is 0. The van der Waals surface area contributed by atoms with E-state index in [2.05, 4.69) is 45.5 Å². The molecule has 21 heteroatoms. The van der Waals surface area contributed by atoms with Crippen LogP contribution in [-0.4, -0.2) is 114 Å². The van der Waals surface area contributed by atoms with E-state index in [4.69, 9.17) is 48.4 Å². The maximum absolute atomic E-state index is 14.2. The number of unbranched alkanes of at least 4 members (excludes halogenated alkanes) is 1. The summed E-state index contributed by atoms with van der Waals surface area (Å²) in [4.78, 5) is 81.6. The molecular formula is C66H70N6O15. The van der Waals surface area contributed by atoms with Gasteiger partial charge in [0.25, 0.3) is 5.56 Å². The molecule has 6 N–H and O–H groups in total. The van der Waals surface area contributed by atoms with Crippen molar-refractivity contribution in [1.82, 2.24) is 20.5 Å². The van der Waals surface area contributed by atoms with Crippen LogP contribution in [0.5, 0.6) is 17.2 Å². The largest absolute Gasteiger partial charge is 0.510 e. The zero-order valence-electron chi connectivity index (χ0n) is 48.5. The fraction of sp³-hybridized carbons (Fsp3) is 0.333. The van der Waals surface area contributed by atoms with Crippen molar-refractivity contribution >= 4 is 46.3 Å². The lowest BCUT2D eigenvalue weighted by molar-refractivity contribution is -0.175. The summed E-state index contributed by atoms with van der Waals surface area (Å²) in [7, 11) is 1.63. The second-order valence-electron chi connectivity index (χ2n) is 21.1. The molecule has 1 aromatic heterocycles. The van der Waals surface area contributed by atoms with E-state index < -0.39 is 60.2 Å². The Bertz CT molecular complexity index is 3600. The first-order valence-electron chi connectivity index (χ1n) is 29.0. The van der Waals surface area contributed by atoms with Gasteiger partial charge in [-0.25, -0.2) is 9.59 Å². The number of methoxy groups -OCH3 is 1. The molecule has 3 amide bonds. The van der Waals surface area contributed by atoms with Gasteiger partial charge in [0, 0.05) is 29.9 Å². The monoisotopic (exact) mass is 1190 g/mol. The highest BCUT2D eigenvalue weighted by atomic mass is 16.7. The number of pyridine rings is 1. The molecule has 0 radical (unpaired) electrons. The van der Waals surface area contributed by atoms with Crippen molar-refractivity contribution in [3.05, 3.63) is 189 Å². The van der Waals surface area contributed by atoms with Gasteiger partial charge in [-0.3, -0.25) is 24.5 Å². The lowest BCUT2D eigenvalue weighted by atomic mass is 9.77. The molecule has 3 aliphatic heterocycles. The Morgan fingerprint density at radius 3 is 2.07 bits per heavy atom. The highest BCUT2D eigenvalue weighted by Gasteiger charge is 2.51. The molecular weight excluding hydrogens is 1120 g/mol. The maximum Gasteiger partial charge on any atom is 0.510 e. The zero-order valence-corrected chi connectivity index (χ0v) is 48.5. The lowest BCUT2D eigenvalue weighted by Gasteiger charge is -2.37. The Labute approximate surface area is 502 Å². The van der Waals surface area contributed by atoms with Gasteiger partial charge in [0.2, 0.25) is 30.1 Å². The van der Waals surface area contributed by atoms with Crippen LogP contribution in [0.3, 0.4) is 0 Å². The summed E-state index contributed by atoms with van der Waals surface area (Å²) in [6.45, 7) is 3.19. The van der Waals surface area contributed by atoms with Gasteiger partial charge in [0.05, 0.1) is 56.9 Å². The lowest BCUT2D eigenvalue weighted by Crippen LogP contribution is -2.47. The Balaban J connectivity index is 0.781. The summed E-state index contributed by atoms with van der Waals surface area (Å²) in [5, 5.41) is 14.0. The Morgan fingerprint density at radius 1 is 0.724 bits per heavy atom. The molecule has 0 saturated carbocycles. The summed E-state index contributed by atoms with van der Waals surface area (Å²) in [6.07, 6.45) is 0.122. The number of hydrogen-bond donors (Lipinski definition) is 5. The minimum Gasteiger partial charge on any atom is -0.497 e. The highest BCUT2D eigenvalue weighted by molar-refractivity contribution is 5.97. The standard InChI is InChI=1S/C66H70N6O15/c1-3-65(54-36-56-52-33-45-35-58-57(85-42-86-58)34-44(45)32-46(52)37-72(56)62(76)53(54)39-83-63(65)77)87-64(78)84-38-43-17-21-50(22-18-43)70-61(75)55(71-60(74)41-82-40-59(73)68-27-29-81-31-30-80-28-25-67)16-10-11-26-69-66(47-12-6-4-7-13-47,48-14-8-5-9-15-48)49-19-23-51(79-2)24-20-49/h4-9,12-15,17-24,32-36,55,69H,3,10-11,16,25-31,37-42,67H2,1-2H3,(H,68,73)(H,70,75)(H,71,74)/t55-,65-/m0/s1. The van der Waals surface area contributed by atoms with Crippen LogP contribution in [0.15, 0.2) is 144 Å². The van der Waals surface area contributed by atoms with E-state index in [1.54, 1.807) is 48.9 Å². The first-order chi connectivity index (χ1) is 42.4. The van der Waals surface area contributed by atoms with E-state index in [9.17, 15) is 28.8 Å². The number of anilines is 1. The van der Waals surface area contributed by atoms with Gasteiger partial charge in [-0.1, -0.05) is 91.9 Å². The van der Waals surface area contributed by atoms with Crippen molar-refractivity contribution in [2.24, 2.45) is 5.73 Å². The number of esters is 1. The number of nitrogens with one attached hydrogen (secondary N) is 4. The van der Waals surface area contributed by atoms with Crippen LogP contribution >= 0.6 is 0 Å². The minimum atomic E-state index is -1.98. The van der Waals surface area contributed by atoms with E-state index in [1.807, 2.05) is 84.9 Å². The number of ether oxygens (including phenoxy) is 9. The Morgan fingerprint density at radius 2 is 1.39 bits per heavy atom. The number of nitrogens with zero attached hydrogens (tertiary/aromatic N) is 1. The van der Waals surface area contributed by atoms with Crippen molar-refractivity contribution in [1.29, 1.82) is 0 Å². The van der Waals surface area contributed by atoms with Crippen molar-refractivity contribution < 1.29 is 66.6 Å². The zero-order chi connectivity index (χ0) is 60.8. The molecule has 10 rings (SSSR count). The van der Waals surface area contributed by atoms with Gasteiger partial charge < -0.3 is 68.9 Å². The predicted molar refractivity (Wildman–Crippen MR) is 321 cm³/mol. The average molecular weight is 1190 g/mol. The number of carbonyl (C=O) groups excluding carboxylic acids is 5. The third kappa shape index (κ3) is 13.9. The summed E-state index contributed by atoms with van der Waals surface area (Å²) in [6, 6.07) is 43.2.